The van der Waals surface area contributed by atoms with Crippen LogP contribution >= 0.6 is 23.8 Å². The summed E-state index contributed by atoms with van der Waals surface area (Å²) in [5.41, 5.74) is 1.34. The number of hydrogen-bond acceptors (Lipinski definition) is 3. The first kappa shape index (κ1) is 17.4. The molecule has 0 aliphatic rings. The average Bonchev–Trinajstić information content (AvgIpc) is 2.61. The van der Waals surface area contributed by atoms with E-state index in [-0.39, 0.29) is 24.4 Å². The van der Waals surface area contributed by atoms with E-state index in [4.69, 9.17) is 23.8 Å². The van der Waals surface area contributed by atoms with Crippen LogP contribution in [0.4, 0.5) is 0 Å². The molecule has 0 saturated carbocycles. The topological polar surface area (TPSA) is 66.9 Å². The Balaban J connectivity index is 1.68. The van der Waals surface area contributed by atoms with E-state index in [1.54, 1.807) is 24.3 Å². The second kappa shape index (κ2) is 7.63. The monoisotopic (exact) mass is 373 g/mol. The minimum atomic E-state index is -0.196. The van der Waals surface area contributed by atoms with Gasteiger partial charge >= 0.3 is 0 Å². The largest absolute Gasteiger partial charge is 0.352 e. The number of halogens is 1. The van der Waals surface area contributed by atoms with Crippen molar-refractivity contribution in [1.82, 2.24) is 14.9 Å². The quantitative estimate of drug-likeness (QED) is 0.673. The van der Waals surface area contributed by atoms with Gasteiger partial charge in [0.2, 0.25) is 5.91 Å². The number of hydrogen-bond donors (Lipinski definition) is 2. The molecule has 5 nitrogen and oxygen atoms in total. The molecule has 0 radical (unpaired) electrons. The Morgan fingerprint density at radius 1 is 1.16 bits per heavy atom. The van der Waals surface area contributed by atoms with Gasteiger partial charge in [-0.3, -0.25) is 14.2 Å². The SMILES string of the molecule is O=C(CCn1c(=S)[nH]c2ccccc2c1=O)NCc1ccccc1Cl. The first-order valence-electron chi connectivity index (χ1n) is 7.78. The van der Waals surface area contributed by atoms with Gasteiger partial charge in [-0.1, -0.05) is 41.9 Å². The van der Waals surface area contributed by atoms with E-state index in [0.29, 0.717) is 27.2 Å². The molecule has 0 aliphatic carbocycles. The Hall–Kier alpha value is -2.44. The number of fused-ring (bicyclic) bond motifs is 1. The normalized spacial score (nSPS) is 10.8. The van der Waals surface area contributed by atoms with E-state index in [1.165, 1.54) is 4.57 Å². The zero-order chi connectivity index (χ0) is 17.8. The Bertz CT molecular complexity index is 1040. The summed E-state index contributed by atoms with van der Waals surface area (Å²) in [6.45, 7) is 0.561. The van der Waals surface area contributed by atoms with Crippen molar-refractivity contribution in [3.05, 3.63) is 74.2 Å². The summed E-state index contributed by atoms with van der Waals surface area (Å²) in [7, 11) is 0. The van der Waals surface area contributed by atoms with Gasteiger partial charge in [-0.25, -0.2) is 0 Å². The van der Waals surface area contributed by atoms with Gasteiger partial charge in [-0.2, -0.15) is 0 Å². The predicted molar refractivity (Wildman–Crippen MR) is 101 cm³/mol. The lowest BCUT2D eigenvalue weighted by Crippen LogP contribution is -2.28. The number of para-hydroxylation sites is 1. The van der Waals surface area contributed by atoms with E-state index in [2.05, 4.69) is 10.3 Å². The highest BCUT2D eigenvalue weighted by Gasteiger charge is 2.08. The molecule has 0 saturated heterocycles. The third-order valence-corrected chi connectivity index (χ3v) is 4.58. The van der Waals surface area contributed by atoms with Crippen LogP contribution in [0.25, 0.3) is 10.9 Å². The van der Waals surface area contributed by atoms with Gasteiger partial charge in [-0.15, -0.1) is 0 Å². The standard InChI is InChI=1S/C18H16ClN3O2S/c19-14-7-3-1-5-12(14)11-20-16(23)9-10-22-17(24)13-6-2-4-8-15(13)21-18(22)25/h1-8H,9-11H2,(H,20,23)(H,21,25). The summed E-state index contributed by atoms with van der Waals surface area (Å²) < 4.78 is 1.72. The highest BCUT2D eigenvalue weighted by atomic mass is 35.5. The molecule has 25 heavy (non-hydrogen) atoms. The molecule has 3 aromatic rings. The third-order valence-electron chi connectivity index (χ3n) is 3.89. The van der Waals surface area contributed by atoms with Gasteiger partial charge in [0.25, 0.3) is 5.56 Å². The second-order valence-corrected chi connectivity index (χ2v) is 6.34. The van der Waals surface area contributed by atoms with Gasteiger partial charge in [0.1, 0.15) is 0 Å². The van der Waals surface area contributed by atoms with Crippen LogP contribution in [0.3, 0.4) is 0 Å². The number of amides is 1. The highest BCUT2D eigenvalue weighted by molar-refractivity contribution is 7.71. The lowest BCUT2D eigenvalue weighted by atomic mass is 10.2. The summed E-state index contributed by atoms with van der Waals surface area (Å²) in [5, 5.41) is 3.96. The molecule has 0 fully saturated rings. The molecule has 7 heteroatoms. The number of nitrogens with one attached hydrogen (secondary N) is 2. The molecular formula is C18H16ClN3O2S. The first-order chi connectivity index (χ1) is 12.1. The van der Waals surface area contributed by atoms with Crippen LogP contribution in [0, 0.1) is 4.77 Å². The molecule has 2 aromatic carbocycles. The van der Waals surface area contributed by atoms with Crippen LogP contribution in [0.1, 0.15) is 12.0 Å². The van der Waals surface area contributed by atoms with E-state index in [0.717, 1.165) is 5.56 Å². The van der Waals surface area contributed by atoms with E-state index < -0.39 is 0 Å². The summed E-state index contributed by atoms with van der Waals surface area (Å²) in [4.78, 5) is 27.6. The molecule has 128 valence electrons. The first-order valence-corrected chi connectivity index (χ1v) is 8.57. The molecular weight excluding hydrogens is 358 g/mol. The highest BCUT2D eigenvalue weighted by Crippen LogP contribution is 2.14. The van der Waals surface area contributed by atoms with Gasteiger partial charge in [-0.05, 0) is 36.0 Å². The van der Waals surface area contributed by atoms with Crippen molar-refractivity contribution in [3.8, 4) is 0 Å². The summed E-state index contributed by atoms with van der Waals surface area (Å²) in [5.74, 6) is -0.172. The van der Waals surface area contributed by atoms with Crippen LogP contribution in [0.2, 0.25) is 5.02 Å². The van der Waals surface area contributed by atoms with Crippen molar-refractivity contribution in [2.45, 2.75) is 19.5 Å². The number of benzene rings is 2. The van der Waals surface area contributed by atoms with E-state index in [1.807, 2.05) is 24.3 Å². The molecule has 0 aliphatic heterocycles. The molecule has 2 N–H and O–H groups in total. The summed E-state index contributed by atoms with van der Waals surface area (Å²) in [6, 6.07) is 14.5. The van der Waals surface area contributed by atoms with Gasteiger partial charge < -0.3 is 10.3 Å². The maximum absolute atomic E-state index is 12.5. The number of aromatic amines is 1. The lowest BCUT2D eigenvalue weighted by molar-refractivity contribution is -0.121. The van der Waals surface area contributed by atoms with Crippen molar-refractivity contribution < 1.29 is 4.79 Å². The van der Waals surface area contributed by atoms with Crippen LogP contribution in [0.15, 0.2) is 53.3 Å². The fourth-order valence-corrected chi connectivity index (χ4v) is 3.03. The van der Waals surface area contributed by atoms with Crippen molar-refractivity contribution >= 4 is 40.6 Å². The summed E-state index contributed by atoms with van der Waals surface area (Å²) >= 11 is 11.3. The van der Waals surface area contributed by atoms with E-state index in [9.17, 15) is 9.59 Å². The van der Waals surface area contributed by atoms with E-state index >= 15 is 0 Å². The molecule has 0 unspecified atom stereocenters. The minimum Gasteiger partial charge on any atom is -0.352 e. The van der Waals surface area contributed by atoms with Crippen molar-refractivity contribution in [2.24, 2.45) is 0 Å². The number of nitrogens with zero attached hydrogens (tertiary/aromatic N) is 1. The fraction of sp³-hybridized carbons (Fsp3) is 0.167. The number of carbonyl (C=O) groups excluding carboxylic acids is 1. The van der Waals surface area contributed by atoms with Crippen molar-refractivity contribution in [2.75, 3.05) is 0 Å². The number of rotatable bonds is 5. The Morgan fingerprint density at radius 2 is 1.88 bits per heavy atom. The number of aromatic nitrogens is 2. The number of carbonyl (C=O) groups is 1. The maximum Gasteiger partial charge on any atom is 0.262 e. The van der Waals surface area contributed by atoms with Crippen LogP contribution in [-0.2, 0) is 17.9 Å². The maximum atomic E-state index is 12.5. The Labute approximate surface area is 154 Å². The van der Waals surface area contributed by atoms with Gasteiger partial charge in [0.15, 0.2) is 4.77 Å². The summed E-state index contributed by atoms with van der Waals surface area (Å²) in [6.07, 6.45) is 0.153. The molecule has 3 rings (SSSR count). The Kier molecular flexibility index (Phi) is 5.31. The molecule has 0 atom stereocenters. The smallest absolute Gasteiger partial charge is 0.262 e. The van der Waals surface area contributed by atoms with Crippen LogP contribution in [-0.4, -0.2) is 15.5 Å². The van der Waals surface area contributed by atoms with Crippen molar-refractivity contribution in [3.63, 3.8) is 0 Å². The molecule has 1 amide bonds. The number of H-pyrrole nitrogens is 1. The molecule has 1 heterocycles. The molecule has 1 aromatic heterocycles. The molecule has 0 bridgehead atoms. The minimum absolute atomic E-state index is 0.153. The third kappa shape index (κ3) is 3.97. The van der Waals surface area contributed by atoms with Crippen molar-refractivity contribution in [1.29, 1.82) is 0 Å². The Morgan fingerprint density at radius 3 is 2.68 bits per heavy atom. The zero-order valence-corrected chi connectivity index (χ0v) is 14.9. The predicted octanol–water partition coefficient (Wildman–Crippen LogP) is 3.42. The molecule has 0 spiro atoms. The fourth-order valence-electron chi connectivity index (χ4n) is 2.54. The zero-order valence-electron chi connectivity index (χ0n) is 13.3. The second-order valence-electron chi connectivity index (χ2n) is 5.55. The van der Waals surface area contributed by atoms with Crippen LogP contribution in [0.5, 0.6) is 0 Å². The average molecular weight is 374 g/mol. The van der Waals surface area contributed by atoms with Crippen LogP contribution < -0.4 is 10.9 Å². The lowest BCUT2D eigenvalue weighted by Gasteiger charge is -2.09. The van der Waals surface area contributed by atoms with Gasteiger partial charge in [0, 0.05) is 24.5 Å². The van der Waals surface area contributed by atoms with Gasteiger partial charge in [0.05, 0.1) is 10.9 Å².